The van der Waals surface area contributed by atoms with Crippen molar-refractivity contribution in [3.63, 3.8) is 0 Å². The Balaban J connectivity index is 2.66. The van der Waals surface area contributed by atoms with Crippen molar-refractivity contribution in [1.82, 2.24) is 5.16 Å². The van der Waals surface area contributed by atoms with E-state index in [9.17, 15) is 0 Å². The summed E-state index contributed by atoms with van der Waals surface area (Å²) in [6, 6.07) is 6.23. The minimum atomic E-state index is 0.551. The molecule has 0 aliphatic carbocycles. The van der Waals surface area contributed by atoms with Gasteiger partial charge in [0.15, 0.2) is 9.28 Å². The summed E-state index contributed by atoms with van der Waals surface area (Å²) < 4.78 is 6.07. The van der Waals surface area contributed by atoms with Gasteiger partial charge in [0, 0.05) is 0 Å². The average Bonchev–Trinajstić information content (AvgIpc) is 2.47. The third kappa shape index (κ3) is 1.57. The lowest BCUT2D eigenvalue weighted by Gasteiger charge is -2.03. The van der Waals surface area contributed by atoms with E-state index in [0.717, 1.165) is 14.7 Å². The summed E-state index contributed by atoms with van der Waals surface area (Å²) in [6.07, 6.45) is 0. The van der Waals surface area contributed by atoms with Crippen molar-refractivity contribution in [2.75, 3.05) is 0 Å². The van der Waals surface area contributed by atoms with Gasteiger partial charge >= 0.3 is 0 Å². The summed E-state index contributed by atoms with van der Waals surface area (Å²) in [5.74, 6) is 0.551. The molecular weight excluding hydrogens is 277 g/mol. The van der Waals surface area contributed by atoms with Gasteiger partial charge in [0.05, 0.1) is 5.39 Å². The predicted molar refractivity (Wildman–Crippen MR) is 60.8 cm³/mol. The van der Waals surface area contributed by atoms with Crippen LogP contribution in [0, 0.1) is 3.70 Å². The Labute approximate surface area is 90.4 Å². The number of hydrogen-bond donors (Lipinski definition) is 0. The fourth-order valence-corrected chi connectivity index (χ4v) is 1.81. The number of benzene rings is 1. The van der Waals surface area contributed by atoms with Gasteiger partial charge in [-0.1, -0.05) is 25.1 Å². The van der Waals surface area contributed by atoms with Crippen molar-refractivity contribution >= 4 is 33.6 Å². The van der Waals surface area contributed by atoms with E-state index in [0.29, 0.717) is 5.92 Å². The van der Waals surface area contributed by atoms with E-state index in [1.807, 2.05) is 6.07 Å². The van der Waals surface area contributed by atoms with Gasteiger partial charge in [0.2, 0.25) is 0 Å². The van der Waals surface area contributed by atoms with Crippen molar-refractivity contribution in [2.45, 2.75) is 19.8 Å². The molecule has 0 aliphatic heterocycles. The SMILES string of the molecule is CC(C)c1ccc2onc(I)c2c1. The van der Waals surface area contributed by atoms with E-state index in [2.05, 4.69) is 53.7 Å². The lowest BCUT2D eigenvalue weighted by atomic mass is 10.0. The van der Waals surface area contributed by atoms with Crippen LogP contribution >= 0.6 is 22.6 Å². The number of hydrogen-bond acceptors (Lipinski definition) is 2. The second-order valence-electron chi connectivity index (χ2n) is 3.38. The summed E-state index contributed by atoms with van der Waals surface area (Å²) >= 11 is 2.19. The molecule has 0 saturated heterocycles. The molecule has 0 aliphatic rings. The minimum Gasteiger partial charge on any atom is -0.355 e. The molecule has 3 heteroatoms. The number of nitrogens with zero attached hydrogens (tertiary/aromatic N) is 1. The Morgan fingerprint density at radius 3 is 2.85 bits per heavy atom. The molecular formula is C10H10INO. The van der Waals surface area contributed by atoms with Crippen molar-refractivity contribution in [2.24, 2.45) is 0 Å². The van der Waals surface area contributed by atoms with Crippen molar-refractivity contribution in [3.8, 4) is 0 Å². The van der Waals surface area contributed by atoms with Crippen LogP contribution in [0.4, 0.5) is 0 Å². The molecule has 68 valence electrons. The van der Waals surface area contributed by atoms with Crippen LogP contribution in [0.2, 0.25) is 0 Å². The number of rotatable bonds is 1. The van der Waals surface area contributed by atoms with Crippen molar-refractivity contribution in [1.29, 1.82) is 0 Å². The second kappa shape index (κ2) is 3.29. The highest BCUT2D eigenvalue weighted by atomic mass is 127. The zero-order valence-corrected chi connectivity index (χ0v) is 9.70. The molecule has 0 N–H and O–H groups in total. The average molecular weight is 287 g/mol. The first kappa shape index (κ1) is 8.99. The number of fused-ring (bicyclic) bond motifs is 1. The van der Waals surface area contributed by atoms with Crippen LogP contribution in [0.15, 0.2) is 22.7 Å². The molecule has 0 spiro atoms. The van der Waals surface area contributed by atoms with Gasteiger partial charge in [0.25, 0.3) is 0 Å². The smallest absolute Gasteiger partial charge is 0.168 e. The minimum absolute atomic E-state index is 0.551. The Hall–Kier alpha value is -0.580. The Bertz CT molecular complexity index is 433. The standard InChI is InChI=1S/C10H10INO/c1-6(2)7-3-4-9-8(5-7)10(11)12-13-9/h3-6H,1-2H3. The quantitative estimate of drug-likeness (QED) is 0.750. The monoisotopic (exact) mass is 287 g/mol. The van der Waals surface area contributed by atoms with E-state index in [-0.39, 0.29) is 0 Å². The molecule has 0 bridgehead atoms. The maximum Gasteiger partial charge on any atom is 0.168 e. The molecule has 0 fully saturated rings. The maximum absolute atomic E-state index is 5.13. The van der Waals surface area contributed by atoms with Crippen LogP contribution in [0.25, 0.3) is 11.0 Å². The summed E-state index contributed by atoms with van der Waals surface area (Å²) in [6.45, 7) is 4.36. The highest BCUT2D eigenvalue weighted by Gasteiger charge is 2.07. The zero-order chi connectivity index (χ0) is 9.42. The first-order chi connectivity index (χ1) is 6.18. The van der Waals surface area contributed by atoms with Gasteiger partial charge in [0.1, 0.15) is 0 Å². The van der Waals surface area contributed by atoms with Crippen LogP contribution in [0.3, 0.4) is 0 Å². The predicted octanol–water partition coefficient (Wildman–Crippen LogP) is 3.56. The van der Waals surface area contributed by atoms with E-state index >= 15 is 0 Å². The molecule has 0 radical (unpaired) electrons. The lowest BCUT2D eigenvalue weighted by Crippen LogP contribution is -1.85. The van der Waals surface area contributed by atoms with Crippen molar-refractivity contribution < 1.29 is 4.52 Å². The Morgan fingerprint density at radius 1 is 1.38 bits per heavy atom. The molecule has 0 saturated carbocycles. The summed E-state index contributed by atoms with van der Waals surface area (Å²) in [5, 5.41) is 5.03. The zero-order valence-electron chi connectivity index (χ0n) is 7.54. The first-order valence-corrected chi connectivity index (χ1v) is 5.31. The maximum atomic E-state index is 5.13. The normalized spacial score (nSPS) is 11.4. The number of aromatic nitrogens is 1. The molecule has 1 heterocycles. The van der Waals surface area contributed by atoms with E-state index in [4.69, 9.17) is 4.52 Å². The molecule has 13 heavy (non-hydrogen) atoms. The van der Waals surface area contributed by atoms with Gasteiger partial charge in [-0.25, -0.2) is 0 Å². The number of halogens is 1. The molecule has 1 aromatic heterocycles. The van der Waals surface area contributed by atoms with Gasteiger partial charge in [-0.05, 0) is 46.2 Å². The third-order valence-corrected chi connectivity index (χ3v) is 2.89. The van der Waals surface area contributed by atoms with E-state index < -0.39 is 0 Å². The van der Waals surface area contributed by atoms with Gasteiger partial charge in [-0.2, -0.15) is 0 Å². The topological polar surface area (TPSA) is 26.0 Å². The van der Waals surface area contributed by atoms with Gasteiger partial charge < -0.3 is 4.52 Å². The first-order valence-electron chi connectivity index (χ1n) is 4.23. The third-order valence-electron chi connectivity index (χ3n) is 2.12. The van der Waals surface area contributed by atoms with Crippen LogP contribution < -0.4 is 0 Å². The highest BCUT2D eigenvalue weighted by molar-refractivity contribution is 14.1. The molecule has 2 nitrogen and oxygen atoms in total. The molecule has 0 atom stereocenters. The molecule has 0 unspecified atom stereocenters. The Kier molecular flexibility index (Phi) is 2.27. The molecule has 1 aromatic carbocycles. The summed E-state index contributed by atoms with van der Waals surface area (Å²) in [7, 11) is 0. The highest BCUT2D eigenvalue weighted by Crippen LogP contribution is 2.24. The summed E-state index contributed by atoms with van der Waals surface area (Å²) in [4.78, 5) is 0. The lowest BCUT2D eigenvalue weighted by molar-refractivity contribution is 0.450. The fraction of sp³-hybridized carbons (Fsp3) is 0.300. The van der Waals surface area contributed by atoms with Crippen LogP contribution in [0.5, 0.6) is 0 Å². The summed E-state index contributed by atoms with van der Waals surface area (Å²) in [5.41, 5.74) is 2.20. The molecule has 2 aromatic rings. The van der Waals surface area contributed by atoms with Gasteiger partial charge in [-0.3, -0.25) is 0 Å². The van der Waals surface area contributed by atoms with E-state index in [1.165, 1.54) is 5.56 Å². The largest absolute Gasteiger partial charge is 0.355 e. The van der Waals surface area contributed by atoms with Crippen LogP contribution in [0.1, 0.15) is 25.3 Å². The second-order valence-corrected chi connectivity index (χ2v) is 4.41. The van der Waals surface area contributed by atoms with Gasteiger partial charge in [-0.15, -0.1) is 0 Å². The Morgan fingerprint density at radius 2 is 2.15 bits per heavy atom. The van der Waals surface area contributed by atoms with Crippen LogP contribution in [-0.2, 0) is 0 Å². The van der Waals surface area contributed by atoms with Crippen LogP contribution in [-0.4, -0.2) is 5.16 Å². The molecule has 0 amide bonds. The van der Waals surface area contributed by atoms with Crippen molar-refractivity contribution in [3.05, 3.63) is 27.5 Å². The van der Waals surface area contributed by atoms with E-state index in [1.54, 1.807) is 0 Å². The molecule has 2 rings (SSSR count). The fourth-order valence-electron chi connectivity index (χ4n) is 1.29.